The van der Waals surface area contributed by atoms with Gasteiger partial charge in [0.1, 0.15) is 5.54 Å². The number of piperidine rings is 2. The van der Waals surface area contributed by atoms with Crippen LogP contribution < -0.4 is 5.32 Å². The molecule has 9 heteroatoms. The molecule has 0 radical (unpaired) electrons. The number of halogens is 1. The van der Waals surface area contributed by atoms with E-state index in [-0.39, 0.29) is 18.3 Å². The van der Waals surface area contributed by atoms with Gasteiger partial charge >= 0.3 is 0 Å². The van der Waals surface area contributed by atoms with E-state index in [0.717, 1.165) is 64.1 Å². The molecule has 1 N–H and O–H groups in total. The van der Waals surface area contributed by atoms with Crippen molar-refractivity contribution in [3.63, 3.8) is 0 Å². The molecule has 0 aromatic carbocycles. The van der Waals surface area contributed by atoms with Gasteiger partial charge in [-0.15, -0.1) is 12.4 Å². The largest absolute Gasteiger partial charge is 0.340 e. The van der Waals surface area contributed by atoms with Gasteiger partial charge < -0.3 is 14.7 Å². The van der Waals surface area contributed by atoms with E-state index in [1.807, 2.05) is 21.8 Å². The number of carbonyl (C=O) groups is 1. The quantitative estimate of drug-likeness (QED) is 0.846. The summed E-state index contributed by atoms with van der Waals surface area (Å²) in [7, 11) is 0. The van der Waals surface area contributed by atoms with Gasteiger partial charge in [-0.2, -0.15) is 10.1 Å². The number of nitrogens with zero attached hydrogens (tertiary/aromatic N) is 5. The molecular formula is C18H27ClN6O2. The number of amides is 1. The topological polar surface area (TPSA) is 89.1 Å². The molecule has 2 fully saturated rings. The Kier molecular flexibility index (Phi) is 6.16. The summed E-state index contributed by atoms with van der Waals surface area (Å²) in [5.41, 5.74) is -0.556. The molecule has 4 heterocycles. The van der Waals surface area contributed by atoms with Crippen molar-refractivity contribution in [3.05, 3.63) is 30.2 Å². The zero-order chi connectivity index (χ0) is 18.0. The van der Waals surface area contributed by atoms with E-state index in [0.29, 0.717) is 11.8 Å². The van der Waals surface area contributed by atoms with E-state index in [4.69, 9.17) is 4.52 Å². The van der Waals surface area contributed by atoms with E-state index in [2.05, 4.69) is 20.6 Å². The number of rotatable bonds is 4. The Morgan fingerprint density at radius 1 is 1.41 bits per heavy atom. The van der Waals surface area contributed by atoms with Crippen molar-refractivity contribution in [2.75, 3.05) is 26.2 Å². The van der Waals surface area contributed by atoms with E-state index in [1.54, 1.807) is 13.1 Å². The number of nitrogens with one attached hydrogen (secondary N) is 1. The number of hydrogen-bond donors (Lipinski definition) is 1. The molecule has 2 aliphatic heterocycles. The van der Waals surface area contributed by atoms with Gasteiger partial charge in [0, 0.05) is 38.8 Å². The van der Waals surface area contributed by atoms with Crippen molar-refractivity contribution >= 4 is 18.3 Å². The Balaban J connectivity index is 0.00000210. The fourth-order valence-corrected chi connectivity index (χ4v) is 4.30. The predicted octanol–water partition coefficient (Wildman–Crippen LogP) is 1.56. The van der Waals surface area contributed by atoms with Crippen LogP contribution in [-0.4, -0.2) is 56.9 Å². The molecule has 8 nitrogen and oxygen atoms in total. The monoisotopic (exact) mass is 394 g/mol. The highest BCUT2D eigenvalue weighted by atomic mass is 35.5. The lowest BCUT2D eigenvalue weighted by Crippen LogP contribution is -2.57. The first-order valence-corrected chi connectivity index (χ1v) is 9.47. The Morgan fingerprint density at radius 3 is 2.89 bits per heavy atom. The Labute approximate surface area is 165 Å². The molecular weight excluding hydrogens is 368 g/mol. The molecule has 1 atom stereocenters. The molecule has 0 bridgehead atoms. The maximum Gasteiger partial charge on any atom is 0.250 e. The first kappa shape index (κ1) is 19.8. The number of hydrogen-bond acceptors (Lipinski definition) is 6. The average Bonchev–Trinajstić information content (AvgIpc) is 3.34. The summed E-state index contributed by atoms with van der Waals surface area (Å²) in [6.07, 6.45) is 8.10. The lowest BCUT2D eigenvalue weighted by Gasteiger charge is -2.42. The molecule has 148 valence electrons. The van der Waals surface area contributed by atoms with E-state index >= 15 is 0 Å². The van der Waals surface area contributed by atoms with E-state index in [1.165, 1.54) is 0 Å². The summed E-state index contributed by atoms with van der Waals surface area (Å²) in [6.45, 7) is 5.05. The van der Waals surface area contributed by atoms with Crippen molar-refractivity contribution in [1.29, 1.82) is 0 Å². The molecule has 4 rings (SSSR count). The first-order chi connectivity index (χ1) is 12.7. The molecule has 27 heavy (non-hydrogen) atoms. The van der Waals surface area contributed by atoms with Gasteiger partial charge in [0.15, 0.2) is 5.82 Å². The summed E-state index contributed by atoms with van der Waals surface area (Å²) in [4.78, 5) is 19.9. The molecule has 2 aliphatic rings. The molecule has 1 amide bonds. The molecule has 0 saturated carbocycles. The van der Waals surface area contributed by atoms with Crippen LogP contribution in [-0.2, 0) is 16.8 Å². The van der Waals surface area contributed by atoms with Crippen LogP contribution in [0.3, 0.4) is 0 Å². The van der Waals surface area contributed by atoms with Gasteiger partial charge in [-0.3, -0.25) is 9.48 Å². The highest BCUT2D eigenvalue weighted by molar-refractivity contribution is 5.85. The molecule has 2 saturated heterocycles. The van der Waals surface area contributed by atoms with Gasteiger partial charge in [0.2, 0.25) is 5.89 Å². The van der Waals surface area contributed by atoms with Crippen LogP contribution in [0.2, 0.25) is 0 Å². The number of aromatic nitrogens is 4. The summed E-state index contributed by atoms with van der Waals surface area (Å²) in [5.74, 6) is 1.92. The second-order valence-corrected chi connectivity index (χ2v) is 7.43. The minimum atomic E-state index is -0.556. The lowest BCUT2D eigenvalue weighted by atomic mass is 9.85. The average molecular weight is 395 g/mol. The third kappa shape index (κ3) is 4.01. The SMILES string of the molecule is Cc1nc(CC2CCCN(C(=O)C3(n4cccn4)CCNCC3)C2)no1.Cl. The van der Waals surface area contributed by atoms with E-state index < -0.39 is 5.54 Å². The van der Waals surface area contributed by atoms with Crippen molar-refractivity contribution in [2.24, 2.45) is 5.92 Å². The Hall–Kier alpha value is -1.93. The molecule has 1 unspecified atom stereocenters. The minimum Gasteiger partial charge on any atom is -0.340 e. The number of likely N-dealkylation sites (tertiary alicyclic amines) is 1. The highest BCUT2D eigenvalue weighted by Gasteiger charge is 2.45. The van der Waals surface area contributed by atoms with Gasteiger partial charge in [0.05, 0.1) is 0 Å². The highest BCUT2D eigenvalue weighted by Crippen LogP contribution is 2.31. The lowest BCUT2D eigenvalue weighted by molar-refractivity contribution is -0.145. The van der Waals surface area contributed by atoms with Crippen LogP contribution in [0.4, 0.5) is 0 Å². The smallest absolute Gasteiger partial charge is 0.250 e. The second kappa shape index (κ2) is 8.39. The normalized spacial score (nSPS) is 22.3. The third-order valence-corrected chi connectivity index (χ3v) is 5.62. The zero-order valence-electron chi connectivity index (χ0n) is 15.6. The maximum absolute atomic E-state index is 13.6. The van der Waals surface area contributed by atoms with Crippen LogP contribution in [0, 0.1) is 12.8 Å². The third-order valence-electron chi connectivity index (χ3n) is 5.62. The van der Waals surface area contributed by atoms with Crippen molar-refractivity contribution in [1.82, 2.24) is 30.1 Å². The fraction of sp³-hybridized carbons (Fsp3) is 0.667. The summed E-state index contributed by atoms with van der Waals surface area (Å²) in [5, 5.41) is 11.8. The van der Waals surface area contributed by atoms with Crippen LogP contribution in [0.25, 0.3) is 0 Å². The predicted molar refractivity (Wildman–Crippen MR) is 102 cm³/mol. The van der Waals surface area contributed by atoms with Crippen LogP contribution in [0.15, 0.2) is 23.0 Å². The van der Waals surface area contributed by atoms with Gasteiger partial charge in [-0.25, -0.2) is 0 Å². The first-order valence-electron chi connectivity index (χ1n) is 9.47. The second-order valence-electron chi connectivity index (χ2n) is 7.43. The van der Waals surface area contributed by atoms with Gasteiger partial charge in [-0.05, 0) is 50.8 Å². The fourth-order valence-electron chi connectivity index (χ4n) is 4.30. The summed E-state index contributed by atoms with van der Waals surface area (Å²) >= 11 is 0. The maximum atomic E-state index is 13.6. The van der Waals surface area contributed by atoms with Crippen LogP contribution in [0.1, 0.15) is 37.4 Å². The minimum absolute atomic E-state index is 0. The molecule has 2 aromatic heterocycles. The van der Waals surface area contributed by atoms with Crippen LogP contribution in [0.5, 0.6) is 0 Å². The zero-order valence-corrected chi connectivity index (χ0v) is 16.5. The Bertz CT molecular complexity index is 741. The van der Waals surface area contributed by atoms with E-state index in [9.17, 15) is 4.79 Å². The summed E-state index contributed by atoms with van der Waals surface area (Å²) in [6, 6.07) is 1.90. The molecule has 0 aliphatic carbocycles. The number of aryl methyl sites for hydroxylation is 1. The standard InChI is InChI=1S/C18H26N6O2.ClH/c1-14-21-16(22-26-14)12-15-4-2-10-23(13-15)17(25)18(5-8-19-9-6-18)24-11-3-7-20-24;/h3,7,11,15,19H,2,4-6,8-10,12-13H2,1H3;1H. The van der Waals surface area contributed by atoms with Crippen molar-refractivity contribution in [3.8, 4) is 0 Å². The number of carbonyl (C=O) groups excluding carboxylic acids is 1. The van der Waals surface area contributed by atoms with Crippen LogP contribution >= 0.6 is 12.4 Å². The summed E-state index contributed by atoms with van der Waals surface area (Å²) < 4.78 is 6.96. The van der Waals surface area contributed by atoms with Gasteiger partial charge in [-0.1, -0.05) is 5.16 Å². The Morgan fingerprint density at radius 2 is 2.22 bits per heavy atom. The van der Waals surface area contributed by atoms with Crippen molar-refractivity contribution in [2.45, 2.75) is 44.6 Å². The van der Waals surface area contributed by atoms with Gasteiger partial charge in [0.25, 0.3) is 5.91 Å². The molecule has 2 aromatic rings. The molecule has 0 spiro atoms. The van der Waals surface area contributed by atoms with Crippen molar-refractivity contribution < 1.29 is 9.32 Å².